The van der Waals surface area contributed by atoms with Gasteiger partial charge in [-0.05, 0) is 19.9 Å². The minimum Gasteiger partial charge on any atom is -0.393 e. The Balaban J connectivity index is 4.15. The van der Waals surface area contributed by atoms with Crippen LogP contribution >= 0.6 is 23.0 Å². The van der Waals surface area contributed by atoms with Gasteiger partial charge in [-0.1, -0.05) is 0 Å². The normalized spacial score (nSPS) is 14.1. The van der Waals surface area contributed by atoms with Gasteiger partial charge in [0, 0.05) is 0 Å². The molecular formula is C8H15IN2O4. The molecule has 0 aromatic carbocycles. The molecule has 0 radical (unpaired) electrons. The van der Waals surface area contributed by atoms with Crippen molar-refractivity contribution in [2.24, 2.45) is 5.73 Å². The maximum atomic E-state index is 11.2. The minimum atomic E-state index is -0.738. The predicted molar refractivity (Wildman–Crippen MR) is 62.0 cm³/mol. The molecule has 0 aliphatic carbocycles. The lowest BCUT2D eigenvalue weighted by Crippen LogP contribution is -2.43. The van der Waals surface area contributed by atoms with E-state index in [1.165, 1.54) is 29.9 Å². The predicted octanol–water partition coefficient (Wildman–Crippen LogP) is -0.516. The van der Waals surface area contributed by atoms with E-state index in [0.717, 1.165) is 0 Å². The number of nitrogens with one attached hydrogen (secondary N) is 1. The van der Waals surface area contributed by atoms with Crippen molar-refractivity contribution >= 4 is 34.9 Å². The number of aliphatic hydroxyl groups excluding tert-OH is 1. The topological polar surface area (TPSA) is 102 Å². The van der Waals surface area contributed by atoms with Gasteiger partial charge in [-0.25, -0.2) is 4.79 Å². The standard InChI is InChI=1S/C8H15IN2O4/c1-5(12)4-7(13)11-6(2-3-10)8(14)15-9/h5-6,12H,2-4,10H2,1H3,(H,11,13)/t5-,6-/m0/s1. The summed E-state index contributed by atoms with van der Waals surface area (Å²) in [5, 5.41) is 11.4. The zero-order valence-corrected chi connectivity index (χ0v) is 10.6. The van der Waals surface area contributed by atoms with Crippen molar-refractivity contribution in [3.8, 4) is 0 Å². The fraction of sp³-hybridized carbons (Fsp3) is 0.750. The highest BCUT2D eigenvalue weighted by molar-refractivity contribution is 14.1. The summed E-state index contributed by atoms with van der Waals surface area (Å²) in [6.07, 6.45) is -0.470. The van der Waals surface area contributed by atoms with Crippen molar-refractivity contribution in [1.29, 1.82) is 0 Å². The van der Waals surface area contributed by atoms with Gasteiger partial charge in [0.25, 0.3) is 0 Å². The Kier molecular flexibility index (Phi) is 7.61. The third kappa shape index (κ3) is 6.63. The number of nitrogens with two attached hydrogens (primary N) is 1. The average molecular weight is 330 g/mol. The van der Waals surface area contributed by atoms with Crippen molar-refractivity contribution in [3.05, 3.63) is 0 Å². The Morgan fingerprint density at radius 3 is 2.60 bits per heavy atom. The van der Waals surface area contributed by atoms with Crippen LogP contribution < -0.4 is 11.1 Å². The number of amides is 1. The van der Waals surface area contributed by atoms with Gasteiger partial charge in [0.15, 0.2) is 23.0 Å². The fourth-order valence-corrected chi connectivity index (χ4v) is 1.30. The van der Waals surface area contributed by atoms with Crippen molar-refractivity contribution in [2.75, 3.05) is 6.54 Å². The molecular weight excluding hydrogens is 315 g/mol. The Labute approximate surface area is 102 Å². The first-order valence-electron chi connectivity index (χ1n) is 4.51. The second-order valence-corrected chi connectivity index (χ2v) is 3.59. The van der Waals surface area contributed by atoms with E-state index in [9.17, 15) is 9.59 Å². The number of carbonyl (C=O) groups excluding carboxylic acids is 2. The molecule has 0 aliphatic rings. The van der Waals surface area contributed by atoms with E-state index in [4.69, 9.17) is 10.8 Å². The van der Waals surface area contributed by atoms with E-state index >= 15 is 0 Å². The minimum absolute atomic E-state index is 0.0460. The molecule has 0 aromatic heterocycles. The lowest BCUT2D eigenvalue weighted by Gasteiger charge is -2.15. The molecule has 4 N–H and O–H groups in total. The van der Waals surface area contributed by atoms with Gasteiger partial charge in [-0.3, -0.25) is 4.79 Å². The van der Waals surface area contributed by atoms with Gasteiger partial charge in [0.1, 0.15) is 6.04 Å². The molecule has 88 valence electrons. The molecule has 1 amide bonds. The smallest absolute Gasteiger partial charge is 0.338 e. The molecule has 0 aromatic rings. The lowest BCUT2D eigenvalue weighted by atomic mass is 10.2. The van der Waals surface area contributed by atoms with Gasteiger partial charge in [0.2, 0.25) is 5.91 Å². The summed E-state index contributed by atoms with van der Waals surface area (Å²) < 4.78 is 4.47. The van der Waals surface area contributed by atoms with Crippen LogP contribution in [0.3, 0.4) is 0 Å². The van der Waals surface area contributed by atoms with Crippen LogP contribution in [0, 0.1) is 0 Å². The lowest BCUT2D eigenvalue weighted by molar-refractivity contribution is -0.137. The number of hydrogen-bond acceptors (Lipinski definition) is 5. The molecule has 0 saturated heterocycles. The summed E-state index contributed by atoms with van der Waals surface area (Å²) >= 11 is 1.45. The van der Waals surface area contributed by atoms with Crippen molar-refractivity contribution < 1.29 is 17.8 Å². The van der Waals surface area contributed by atoms with Gasteiger partial charge >= 0.3 is 5.97 Å². The molecule has 0 unspecified atom stereocenters. The summed E-state index contributed by atoms with van der Waals surface area (Å²) in [7, 11) is 0. The zero-order chi connectivity index (χ0) is 11.8. The van der Waals surface area contributed by atoms with E-state index in [-0.39, 0.29) is 13.0 Å². The van der Waals surface area contributed by atoms with Crippen molar-refractivity contribution in [3.63, 3.8) is 0 Å². The maximum Gasteiger partial charge on any atom is 0.338 e. The molecule has 2 atom stereocenters. The first kappa shape index (κ1) is 14.6. The highest BCUT2D eigenvalue weighted by Gasteiger charge is 2.21. The van der Waals surface area contributed by atoms with Crippen molar-refractivity contribution in [1.82, 2.24) is 5.32 Å². The quantitative estimate of drug-likeness (QED) is 0.569. The molecule has 0 aliphatic heterocycles. The highest BCUT2D eigenvalue weighted by Crippen LogP contribution is 2.00. The Morgan fingerprint density at radius 2 is 2.20 bits per heavy atom. The average Bonchev–Trinajstić information content (AvgIpc) is 2.14. The molecule has 0 heterocycles. The highest BCUT2D eigenvalue weighted by atomic mass is 127. The zero-order valence-electron chi connectivity index (χ0n) is 8.40. The Morgan fingerprint density at radius 1 is 1.60 bits per heavy atom. The van der Waals surface area contributed by atoms with Crippen LogP contribution in [-0.4, -0.2) is 35.7 Å². The van der Waals surface area contributed by atoms with Gasteiger partial charge in [0.05, 0.1) is 12.5 Å². The maximum absolute atomic E-state index is 11.2. The number of halogens is 1. The van der Waals surface area contributed by atoms with Crippen molar-refractivity contribution in [2.45, 2.75) is 31.9 Å². The molecule has 0 bridgehead atoms. The van der Waals surface area contributed by atoms with Gasteiger partial charge in [-0.15, -0.1) is 0 Å². The van der Waals surface area contributed by atoms with Crippen LogP contribution in [0.5, 0.6) is 0 Å². The summed E-state index contributed by atoms with van der Waals surface area (Å²) in [4.78, 5) is 22.4. The van der Waals surface area contributed by atoms with E-state index in [2.05, 4.69) is 8.38 Å². The first-order valence-corrected chi connectivity index (χ1v) is 5.39. The fourth-order valence-electron chi connectivity index (χ4n) is 0.991. The van der Waals surface area contributed by atoms with Crippen LogP contribution in [0.1, 0.15) is 19.8 Å². The first-order chi connectivity index (χ1) is 7.01. The number of carbonyl (C=O) groups is 2. The number of aliphatic hydroxyl groups is 1. The third-order valence-electron chi connectivity index (χ3n) is 1.63. The van der Waals surface area contributed by atoms with Crippen LogP contribution in [0.25, 0.3) is 0 Å². The van der Waals surface area contributed by atoms with E-state index in [1.54, 1.807) is 0 Å². The molecule has 0 spiro atoms. The monoisotopic (exact) mass is 330 g/mol. The van der Waals surface area contributed by atoms with Gasteiger partial charge in [-0.2, -0.15) is 0 Å². The van der Waals surface area contributed by atoms with Gasteiger partial charge < -0.3 is 19.2 Å². The van der Waals surface area contributed by atoms with E-state index in [1.807, 2.05) is 0 Å². The number of rotatable bonds is 6. The summed E-state index contributed by atoms with van der Waals surface area (Å²) in [6.45, 7) is 1.76. The summed E-state index contributed by atoms with van der Waals surface area (Å²) in [5.74, 6) is -0.940. The molecule has 0 rings (SSSR count). The van der Waals surface area contributed by atoms with Crippen LogP contribution in [0.4, 0.5) is 0 Å². The molecule has 6 nitrogen and oxygen atoms in total. The van der Waals surface area contributed by atoms with E-state index < -0.39 is 24.0 Å². The largest absolute Gasteiger partial charge is 0.393 e. The Hall–Kier alpha value is -0.410. The summed E-state index contributed by atoms with van der Waals surface area (Å²) in [6, 6.07) is -0.738. The van der Waals surface area contributed by atoms with Crippen LogP contribution in [0.15, 0.2) is 0 Å². The Bertz CT molecular complexity index is 223. The molecule has 0 fully saturated rings. The number of hydrogen-bond donors (Lipinski definition) is 3. The third-order valence-corrected chi connectivity index (χ3v) is 2.07. The second-order valence-electron chi connectivity index (χ2n) is 3.15. The molecule has 15 heavy (non-hydrogen) atoms. The molecule has 0 saturated carbocycles. The van der Waals surface area contributed by atoms with Crippen LogP contribution in [-0.2, 0) is 12.7 Å². The second kappa shape index (κ2) is 7.83. The van der Waals surface area contributed by atoms with Crippen LogP contribution in [0.2, 0.25) is 0 Å². The molecule has 7 heteroatoms. The van der Waals surface area contributed by atoms with E-state index in [0.29, 0.717) is 6.42 Å². The summed E-state index contributed by atoms with van der Waals surface area (Å²) in [5.41, 5.74) is 5.29. The SMILES string of the molecule is C[C@H](O)CC(=O)N[C@@H](CCN)C(=O)OI.